The maximum atomic E-state index is 12.7. The van der Waals surface area contributed by atoms with Crippen molar-refractivity contribution in [1.82, 2.24) is 5.32 Å². The van der Waals surface area contributed by atoms with E-state index < -0.39 is 0 Å². The number of carbonyl (C=O) groups excluding carboxylic acids is 1. The lowest BCUT2D eigenvalue weighted by Crippen LogP contribution is -2.26. The third-order valence-corrected chi connectivity index (χ3v) is 4.99. The zero-order valence-corrected chi connectivity index (χ0v) is 13.5. The zero-order chi connectivity index (χ0) is 15.6. The maximum absolute atomic E-state index is 12.7. The minimum atomic E-state index is -0.0121. The van der Waals surface area contributed by atoms with Crippen molar-refractivity contribution in [3.8, 4) is 11.5 Å². The van der Waals surface area contributed by atoms with Gasteiger partial charge < -0.3 is 14.8 Å². The third-order valence-electron chi connectivity index (χ3n) is 4.99. The van der Waals surface area contributed by atoms with Gasteiger partial charge in [0.15, 0.2) is 0 Å². The van der Waals surface area contributed by atoms with Gasteiger partial charge in [-0.25, -0.2) is 0 Å². The van der Waals surface area contributed by atoms with E-state index in [1.54, 1.807) is 0 Å². The molecule has 2 heterocycles. The molecule has 1 aromatic rings. The monoisotopic (exact) mass is 313 g/mol. The number of fused-ring (bicyclic) bond motifs is 2. The minimum absolute atomic E-state index is 0.0121. The summed E-state index contributed by atoms with van der Waals surface area (Å²) in [6, 6.07) is 2.05. The maximum Gasteiger partial charge on any atom is 0.255 e. The lowest BCUT2D eigenvalue weighted by atomic mass is 9.97. The van der Waals surface area contributed by atoms with Crippen LogP contribution < -0.4 is 14.8 Å². The highest BCUT2D eigenvalue weighted by atomic mass is 16.5. The van der Waals surface area contributed by atoms with E-state index in [9.17, 15) is 4.79 Å². The Morgan fingerprint density at radius 3 is 2.91 bits per heavy atom. The van der Waals surface area contributed by atoms with Crippen LogP contribution in [0.3, 0.4) is 0 Å². The van der Waals surface area contributed by atoms with Gasteiger partial charge in [-0.1, -0.05) is 11.6 Å². The van der Waals surface area contributed by atoms with Crippen molar-refractivity contribution in [2.24, 2.45) is 0 Å². The molecule has 1 aliphatic carbocycles. The van der Waals surface area contributed by atoms with E-state index in [1.807, 2.05) is 6.07 Å². The van der Waals surface area contributed by atoms with Gasteiger partial charge in [0.1, 0.15) is 11.5 Å². The van der Waals surface area contributed by atoms with Gasteiger partial charge in [-0.2, -0.15) is 0 Å². The van der Waals surface area contributed by atoms with E-state index in [1.165, 1.54) is 31.3 Å². The van der Waals surface area contributed by atoms with Crippen LogP contribution in [0.15, 0.2) is 17.7 Å². The van der Waals surface area contributed by atoms with Gasteiger partial charge in [-0.05, 0) is 38.2 Å². The highest BCUT2D eigenvalue weighted by Crippen LogP contribution is 2.40. The molecule has 23 heavy (non-hydrogen) atoms. The minimum Gasteiger partial charge on any atom is -0.493 e. The van der Waals surface area contributed by atoms with Crippen LogP contribution in [0, 0.1) is 0 Å². The Morgan fingerprint density at radius 2 is 2.04 bits per heavy atom. The van der Waals surface area contributed by atoms with Crippen molar-refractivity contribution in [2.75, 3.05) is 19.8 Å². The first-order valence-corrected chi connectivity index (χ1v) is 8.73. The molecule has 0 aromatic heterocycles. The third kappa shape index (κ3) is 2.82. The van der Waals surface area contributed by atoms with Gasteiger partial charge >= 0.3 is 0 Å². The molecule has 0 fully saturated rings. The molecule has 0 unspecified atom stereocenters. The number of nitrogens with one attached hydrogen (secondary N) is 1. The molecule has 4 nitrogen and oxygen atoms in total. The summed E-state index contributed by atoms with van der Waals surface area (Å²) < 4.78 is 11.4. The molecule has 1 amide bonds. The van der Waals surface area contributed by atoms with E-state index in [-0.39, 0.29) is 5.91 Å². The fourth-order valence-corrected chi connectivity index (χ4v) is 3.78. The predicted octanol–water partition coefficient (Wildman–Crippen LogP) is 3.18. The highest BCUT2D eigenvalue weighted by molar-refractivity contribution is 6.00. The number of rotatable bonds is 4. The number of hydrogen-bond acceptors (Lipinski definition) is 3. The summed E-state index contributed by atoms with van der Waals surface area (Å²) in [5.41, 5.74) is 4.32. The van der Waals surface area contributed by atoms with E-state index in [4.69, 9.17) is 9.47 Å². The summed E-state index contributed by atoms with van der Waals surface area (Å²) in [6.45, 7) is 2.01. The van der Waals surface area contributed by atoms with Crippen molar-refractivity contribution in [1.29, 1.82) is 0 Å². The second-order valence-corrected chi connectivity index (χ2v) is 6.53. The van der Waals surface area contributed by atoms with E-state index in [2.05, 4.69) is 11.4 Å². The van der Waals surface area contributed by atoms with Gasteiger partial charge in [0.25, 0.3) is 5.91 Å². The first-order chi connectivity index (χ1) is 11.3. The summed E-state index contributed by atoms with van der Waals surface area (Å²) >= 11 is 0. The van der Waals surface area contributed by atoms with Crippen LogP contribution in [-0.2, 0) is 12.8 Å². The van der Waals surface area contributed by atoms with Crippen molar-refractivity contribution in [3.63, 3.8) is 0 Å². The number of hydrogen-bond donors (Lipinski definition) is 1. The van der Waals surface area contributed by atoms with Crippen molar-refractivity contribution >= 4 is 5.91 Å². The number of benzene rings is 1. The van der Waals surface area contributed by atoms with Crippen LogP contribution in [0.1, 0.15) is 53.6 Å². The van der Waals surface area contributed by atoms with Crippen molar-refractivity contribution < 1.29 is 14.3 Å². The summed E-state index contributed by atoms with van der Waals surface area (Å²) in [4.78, 5) is 12.7. The van der Waals surface area contributed by atoms with E-state index in [0.29, 0.717) is 25.3 Å². The molecule has 2 aliphatic heterocycles. The normalized spacial score (nSPS) is 18.5. The molecule has 4 heteroatoms. The van der Waals surface area contributed by atoms with Gasteiger partial charge in [0.05, 0.1) is 18.8 Å². The van der Waals surface area contributed by atoms with Crippen LogP contribution in [0.25, 0.3) is 0 Å². The fraction of sp³-hybridized carbons (Fsp3) is 0.526. The second-order valence-electron chi connectivity index (χ2n) is 6.53. The molecule has 0 saturated carbocycles. The average Bonchev–Trinajstić information content (AvgIpc) is 3.21. The molecule has 0 saturated heterocycles. The molecule has 0 spiro atoms. The Kier molecular flexibility index (Phi) is 3.98. The quantitative estimate of drug-likeness (QED) is 0.869. The predicted molar refractivity (Wildman–Crippen MR) is 88.3 cm³/mol. The largest absolute Gasteiger partial charge is 0.493 e. The molecular formula is C19H23NO3. The second kappa shape index (κ2) is 6.26. The number of amides is 1. The Bertz CT molecular complexity index is 631. The molecule has 1 aromatic carbocycles. The molecular weight excluding hydrogens is 290 g/mol. The van der Waals surface area contributed by atoms with Crippen molar-refractivity contribution in [3.05, 3.63) is 34.4 Å². The Labute approximate surface area is 136 Å². The number of ether oxygens (including phenoxy) is 2. The lowest BCUT2D eigenvalue weighted by molar-refractivity contribution is 0.0950. The smallest absolute Gasteiger partial charge is 0.255 e. The molecule has 0 bridgehead atoms. The summed E-state index contributed by atoms with van der Waals surface area (Å²) in [5.74, 6) is 1.64. The van der Waals surface area contributed by atoms with Crippen LogP contribution in [-0.4, -0.2) is 25.7 Å². The topological polar surface area (TPSA) is 47.6 Å². The first kappa shape index (κ1) is 14.6. The summed E-state index contributed by atoms with van der Waals surface area (Å²) in [5, 5.41) is 3.09. The van der Waals surface area contributed by atoms with Gasteiger partial charge in [0.2, 0.25) is 0 Å². The van der Waals surface area contributed by atoms with Gasteiger partial charge in [0, 0.05) is 30.5 Å². The summed E-state index contributed by atoms with van der Waals surface area (Å²) in [6.07, 6.45) is 9.90. The number of carbonyl (C=O) groups is 1. The standard InChI is InChI=1S/C19H23NO3/c21-19(20-9-6-13-4-2-1-3-5-13)17-15-8-11-22-16(15)12-14-7-10-23-18(14)17/h4,12H,1-3,5-11H2,(H,20,21). The highest BCUT2D eigenvalue weighted by Gasteiger charge is 2.30. The number of allylic oxidation sites excluding steroid dienone is 1. The first-order valence-electron chi connectivity index (χ1n) is 8.73. The SMILES string of the molecule is O=C(NCCC1=CCCCC1)c1c2c(cc3c1OCC3)OCC2. The fourth-order valence-electron chi connectivity index (χ4n) is 3.78. The van der Waals surface area contributed by atoms with Gasteiger partial charge in [-0.15, -0.1) is 0 Å². The Balaban J connectivity index is 1.49. The van der Waals surface area contributed by atoms with Gasteiger partial charge in [-0.3, -0.25) is 4.79 Å². The van der Waals surface area contributed by atoms with E-state index in [0.717, 1.165) is 41.9 Å². The van der Waals surface area contributed by atoms with Crippen molar-refractivity contribution in [2.45, 2.75) is 44.9 Å². The molecule has 3 aliphatic rings. The van der Waals surface area contributed by atoms with E-state index >= 15 is 0 Å². The van der Waals surface area contributed by atoms with Crippen LogP contribution >= 0.6 is 0 Å². The molecule has 122 valence electrons. The van der Waals surface area contributed by atoms with Crippen LogP contribution in [0.5, 0.6) is 11.5 Å². The molecule has 0 radical (unpaired) electrons. The zero-order valence-electron chi connectivity index (χ0n) is 13.5. The van der Waals surface area contributed by atoms with Crippen LogP contribution in [0.2, 0.25) is 0 Å². The lowest BCUT2D eigenvalue weighted by Gasteiger charge is -2.15. The molecule has 0 atom stereocenters. The molecule has 1 N–H and O–H groups in total. The molecule has 4 rings (SSSR count). The summed E-state index contributed by atoms with van der Waals surface area (Å²) in [7, 11) is 0. The average molecular weight is 313 g/mol. The Morgan fingerprint density at radius 1 is 1.13 bits per heavy atom. The van der Waals surface area contributed by atoms with Crippen LogP contribution in [0.4, 0.5) is 0 Å². The Hall–Kier alpha value is -1.97.